The Morgan fingerprint density at radius 1 is 1.44 bits per heavy atom. The molecule has 2 N–H and O–H groups in total. The Morgan fingerprint density at radius 3 is 2.56 bits per heavy atom. The third-order valence-corrected chi connectivity index (χ3v) is 3.58. The molecule has 0 radical (unpaired) electrons. The van der Waals surface area contributed by atoms with Gasteiger partial charge in [0.15, 0.2) is 0 Å². The summed E-state index contributed by atoms with van der Waals surface area (Å²) in [7, 11) is 4.27. The van der Waals surface area contributed by atoms with Gasteiger partial charge in [0.25, 0.3) is 0 Å². The Bertz CT molecular complexity index is 193. The quantitative estimate of drug-likeness (QED) is 0.636. The first-order chi connectivity index (χ1) is 7.60. The third-order valence-electron chi connectivity index (χ3n) is 3.58. The van der Waals surface area contributed by atoms with E-state index in [0.29, 0.717) is 25.3 Å². The summed E-state index contributed by atoms with van der Waals surface area (Å²) < 4.78 is 5.17. The van der Waals surface area contributed by atoms with Gasteiger partial charge in [0.2, 0.25) is 0 Å². The molecule has 1 saturated carbocycles. The normalized spacial score (nSPS) is 20.8. The zero-order chi connectivity index (χ0) is 12.0. The van der Waals surface area contributed by atoms with Crippen molar-refractivity contribution < 1.29 is 9.84 Å². The first kappa shape index (κ1) is 13.9. The van der Waals surface area contributed by atoms with Crippen LogP contribution in [0.3, 0.4) is 0 Å². The maximum Gasteiger partial charge on any atom is 0.0897 e. The van der Waals surface area contributed by atoms with Gasteiger partial charge in [0, 0.05) is 25.2 Å². The van der Waals surface area contributed by atoms with Crippen molar-refractivity contribution >= 4 is 0 Å². The van der Waals surface area contributed by atoms with Crippen LogP contribution >= 0.6 is 0 Å². The summed E-state index contributed by atoms with van der Waals surface area (Å²) in [5.74, 6) is 0. The lowest BCUT2D eigenvalue weighted by Gasteiger charge is -2.47. The van der Waals surface area contributed by atoms with Crippen LogP contribution in [0, 0.1) is 0 Å². The standard InChI is InChI=1S/C12H26N2O2/c1-4-16-9-11(15)8-13-10-12(14(2)3)6-5-7-12/h11,13,15H,4-10H2,1-3H3. The largest absolute Gasteiger partial charge is 0.389 e. The van der Waals surface area contributed by atoms with Crippen molar-refractivity contribution in [1.29, 1.82) is 0 Å². The van der Waals surface area contributed by atoms with Gasteiger partial charge in [-0.1, -0.05) is 0 Å². The fraction of sp³-hybridized carbons (Fsp3) is 1.00. The minimum atomic E-state index is -0.390. The van der Waals surface area contributed by atoms with Gasteiger partial charge in [-0.25, -0.2) is 0 Å². The average Bonchev–Trinajstić information content (AvgIpc) is 2.18. The van der Waals surface area contributed by atoms with E-state index in [1.54, 1.807) is 0 Å². The van der Waals surface area contributed by atoms with Crippen LogP contribution in [-0.2, 0) is 4.74 Å². The molecule has 0 saturated heterocycles. The molecule has 0 aliphatic heterocycles. The maximum atomic E-state index is 9.61. The lowest BCUT2D eigenvalue weighted by Crippen LogP contribution is -2.57. The van der Waals surface area contributed by atoms with Gasteiger partial charge < -0.3 is 20.1 Å². The van der Waals surface area contributed by atoms with E-state index >= 15 is 0 Å². The highest BCUT2D eigenvalue weighted by Crippen LogP contribution is 2.35. The Kier molecular flexibility index (Phi) is 5.69. The van der Waals surface area contributed by atoms with Crippen LogP contribution in [0.15, 0.2) is 0 Å². The second-order valence-electron chi connectivity index (χ2n) is 4.92. The summed E-state index contributed by atoms with van der Waals surface area (Å²) in [5, 5.41) is 13.0. The van der Waals surface area contributed by atoms with E-state index in [4.69, 9.17) is 4.74 Å². The number of rotatable bonds is 8. The molecule has 1 fully saturated rings. The van der Waals surface area contributed by atoms with Crippen molar-refractivity contribution in [2.24, 2.45) is 0 Å². The molecule has 1 aliphatic rings. The van der Waals surface area contributed by atoms with E-state index in [0.717, 1.165) is 6.54 Å². The predicted molar refractivity (Wildman–Crippen MR) is 65.6 cm³/mol. The molecule has 0 heterocycles. The van der Waals surface area contributed by atoms with E-state index in [-0.39, 0.29) is 6.10 Å². The van der Waals surface area contributed by atoms with Crippen LogP contribution in [0.25, 0.3) is 0 Å². The lowest BCUT2D eigenvalue weighted by molar-refractivity contribution is 0.0308. The van der Waals surface area contributed by atoms with Gasteiger partial charge in [0.05, 0.1) is 12.7 Å². The predicted octanol–water partition coefficient (Wildman–Crippen LogP) is 0.458. The second kappa shape index (κ2) is 6.55. The number of ether oxygens (including phenoxy) is 1. The minimum Gasteiger partial charge on any atom is -0.389 e. The highest BCUT2D eigenvalue weighted by atomic mass is 16.5. The highest BCUT2D eigenvalue weighted by molar-refractivity contribution is 4.97. The smallest absolute Gasteiger partial charge is 0.0897 e. The van der Waals surface area contributed by atoms with Crippen molar-refractivity contribution in [3.05, 3.63) is 0 Å². The first-order valence-electron chi connectivity index (χ1n) is 6.24. The van der Waals surface area contributed by atoms with Gasteiger partial charge in [-0.15, -0.1) is 0 Å². The summed E-state index contributed by atoms with van der Waals surface area (Å²) in [6, 6.07) is 0. The van der Waals surface area contributed by atoms with Crippen molar-refractivity contribution in [2.75, 3.05) is 40.4 Å². The molecule has 0 aromatic rings. The zero-order valence-electron chi connectivity index (χ0n) is 10.8. The summed E-state index contributed by atoms with van der Waals surface area (Å²) in [4.78, 5) is 2.30. The number of aliphatic hydroxyl groups excluding tert-OH is 1. The fourth-order valence-corrected chi connectivity index (χ4v) is 2.15. The number of hydrogen-bond donors (Lipinski definition) is 2. The monoisotopic (exact) mass is 230 g/mol. The Hall–Kier alpha value is -0.160. The van der Waals surface area contributed by atoms with E-state index in [1.807, 2.05) is 6.92 Å². The van der Waals surface area contributed by atoms with Crippen molar-refractivity contribution in [1.82, 2.24) is 10.2 Å². The molecule has 4 heteroatoms. The third kappa shape index (κ3) is 3.70. The van der Waals surface area contributed by atoms with E-state index in [9.17, 15) is 5.11 Å². The first-order valence-corrected chi connectivity index (χ1v) is 6.24. The molecule has 0 amide bonds. The van der Waals surface area contributed by atoms with E-state index < -0.39 is 0 Å². The molecule has 96 valence electrons. The van der Waals surface area contributed by atoms with Gasteiger partial charge in [-0.05, 0) is 40.3 Å². The van der Waals surface area contributed by atoms with Crippen molar-refractivity contribution in [3.8, 4) is 0 Å². The molecule has 0 bridgehead atoms. The number of nitrogens with zero attached hydrogens (tertiary/aromatic N) is 1. The topological polar surface area (TPSA) is 44.7 Å². The van der Waals surface area contributed by atoms with E-state index in [2.05, 4.69) is 24.3 Å². The molecule has 16 heavy (non-hydrogen) atoms. The van der Waals surface area contributed by atoms with Crippen molar-refractivity contribution in [3.63, 3.8) is 0 Å². The molecule has 1 rings (SSSR count). The molecule has 0 aromatic heterocycles. The fourth-order valence-electron chi connectivity index (χ4n) is 2.15. The van der Waals surface area contributed by atoms with Crippen LogP contribution < -0.4 is 5.32 Å². The highest BCUT2D eigenvalue weighted by Gasteiger charge is 2.38. The van der Waals surface area contributed by atoms with Crippen LogP contribution in [-0.4, -0.2) is 62.0 Å². The summed E-state index contributed by atoms with van der Waals surface area (Å²) >= 11 is 0. The van der Waals surface area contributed by atoms with E-state index in [1.165, 1.54) is 19.3 Å². The molecule has 4 nitrogen and oxygen atoms in total. The molecule has 0 aromatic carbocycles. The van der Waals surface area contributed by atoms with Gasteiger partial charge in [0.1, 0.15) is 0 Å². The van der Waals surface area contributed by atoms with Gasteiger partial charge in [-0.2, -0.15) is 0 Å². The summed E-state index contributed by atoms with van der Waals surface area (Å²) in [6.45, 7) is 4.62. The maximum absolute atomic E-state index is 9.61. The van der Waals surface area contributed by atoms with Crippen molar-refractivity contribution in [2.45, 2.75) is 37.8 Å². The average molecular weight is 230 g/mol. The van der Waals surface area contributed by atoms with Crippen LogP contribution in [0.2, 0.25) is 0 Å². The van der Waals surface area contributed by atoms with Crippen LogP contribution in [0.5, 0.6) is 0 Å². The molecule has 0 spiro atoms. The van der Waals surface area contributed by atoms with Crippen LogP contribution in [0.1, 0.15) is 26.2 Å². The number of hydrogen-bond acceptors (Lipinski definition) is 4. The molecule has 1 atom stereocenters. The Labute approximate surface area is 99.0 Å². The second-order valence-corrected chi connectivity index (χ2v) is 4.92. The zero-order valence-corrected chi connectivity index (χ0v) is 10.8. The Balaban J connectivity index is 2.14. The summed E-state index contributed by atoms with van der Waals surface area (Å²) in [5.41, 5.74) is 0.325. The number of likely N-dealkylation sites (N-methyl/N-ethyl adjacent to an activating group) is 1. The minimum absolute atomic E-state index is 0.325. The van der Waals surface area contributed by atoms with Gasteiger partial charge >= 0.3 is 0 Å². The number of aliphatic hydroxyl groups is 1. The molecular formula is C12H26N2O2. The van der Waals surface area contributed by atoms with Gasteiger partial charge in [-0.3, -0.25) is 0 Å². The van der Waals surface area contributed by atoms with Crippen LogP contribution in [0.4, 0.5) is 0 Å². The molecule has 1 unspecified atom stereocenters. The molecule has 1 aliphatic carbocycles. The SMILES string of the molecule is CCOCC(O)CNCC1(N(C)C)CCC1. The lowest BCUT2D eigenvalue weighted by atomic mass is 9.75. The summed E-state index contributed by atoms with van der Waals surface area (Å²) in [6.07, 6.45) is 3.45. The Morgan fingerprint density at radius 2 is 2.12 bits per heavy atom. The number of nitrogens with one attached hydrogen (secondary N) is 1. The molecular weight excluding hydrogens is 204 g/mol.